The summed E-state index contributed by atoms with van der Waals surface area (Å²) in [7, 11) is 3.69. The number of fused-ring (bicyclic) bond motifs is 1. The van der Waals surface area contributed by atoms with Crippen molar-refractivity contribution >= 4 is 37.3 Å². The molecule has 2 nitrogen and oxygen atoms in total. The molecule has 0 saturated heterocycles. The quantitative estimate of drug-likeness (QED) is 0.277. The molecule has 1 atom stereocenters. The van der Waals surface area contributed by atoms with Crippen LogP contribution in [-0.4, -0.2) is 23.5 Å². The third-order valence-electron chi connectivity index (χ3n) is 5.97. The number of benzene rings is 1. The minimum atomic E-state index is 0.0451. The molecule has 5 heteroatoms. The van der Waals surface area contributed by atoms with Gasteiger partial charge in [0.2, 0.25) is 0 Å². The van der Waals surface area contributed by atoms with Crippen molar-refractivity contribution < 1.29 is 4.74 Å². The largest absolute Gasteiger partial charge is 0.346 e. The minimum absolute atomic E-state index is 0.0451. The first-order valence-electron chi connectivity index (χ1n) is 10.7. The summed E-state index contributed by atoms with van der Waals surface area (Å²) in [5.41, 5.74) is 3.77. The maximum Gasteiger partial charge on any atom is 0.0769 e. The van der Waals surface area contributed by atoms with Gasteiger partial charge in [-0.15, -0.1) is 11.3 Å². The van der Waals surface area contributed by atoms with Crippen molar-refractivity contribution in [3.05, 3.63) is 56.7 Å². The van der Waals surface area contributed by atoms with Crippen LogP contribution in [0.4, 0.5) is 0 Å². The Balaban J connectivity index is 1.65. The van der Waals surface area contributed by atoms with Gasteiger partial charge in [0.15, 0.2) is 0 Å². The summed E-state index contributed by atoms with van der Waals surface area (Å²) in [4.78, 5) is 4.18. The topological polar surface area (TPSA) is 12.5 Å². The van der Waals surface area contributed by atoms with Gasteiger partial charge in [-0.25, -0.2) is 0 Å². The third-order valence-corrected chi connectivity index (χ3v) is 8.16. The van der Waals surface area contributed by atoms with Crippen molar-refractivity contribution in [3.63, 3.8) is 0 Å². The van der Waals surface area contributed by atoms with Crippen molar-refractivity contribution in [2.45, 2.75) is 65.5 Å². The number of halogens is 1. The highest BCUT2D eigenvalue weighted by Gasteiger charge is 2.27. The van der Waals surface area contributed by atoms with Gasteiger partial charge in [-0.05, 0) is 54.8 Å². The van der Waals surface area contributed by atoms with Gasteiger partial charge in [0.25, 0.3) is 0 Å². The van der Waals surface area contributed by atoms with Gasteiger partial charge in [0, 0.05) is 34.4 Å². The molecule has 0 radical (unpaired) electrons. The zero-order valence-corrected chi connectivity index (χ0v) is 20.4. The Morgan fingerprint density at radius 1 is 1.28 bits per heavy atom. The Hall–Kier alpha value is -0.700. The molecule has 0 fully saturated rings. The molecule has 0 spiro atoms. The molecule has 1 aliphatic rings. The average Bonchev–Trinajstić information content (AvgIpc) is 3.17. The van der Waals surface area contributed by atoms with E-state index < -0.39 is 0 Å². The fourth-order valence-electron chi connectivity index (χ4n) is 4.17. The van der Waals surface area contributed by atoms with E-state index in [2.05, 4.69) is 51.2 Å². The van der Waals surface area contributed by atoms with E-state index in [1.165, 1.54) is 24.0 Å². The SMILES string of the molecule is CCOC(=P)C(C)(C)CCCCC(c1ccccc1Cl)N1CCc2sccc2C1. The van der Waals surface area contributed by atoms with E-state index in [0.29, 0.717) is 12.6 Å². The first-order valence-corrected chi connectivity index (χ1v) is 12.4. The second-order valence-corrected chi connectivity index (χ2v) is 10.4. The molecular formula is C24H33ClNOPS. The molecule has 3 rings (SSSR count). The molecule has 1 aromatic heterocycles. The second-order valence-electron chi connectivity index (χ2n) is 8.52. The van der Waals surface area contributed by atoms with Crippen LogP contribution in [0.25, 0.3) is 0 Å². The fourth-order valence-corrected chi connectivity index (χ4v) is 5.59. The van der Waals surface area contributed by atoms with Gasteiger partial charge in [0.1, 0.15) is 0 Å². The fraction of sp³-hybridized carbons (Fsp3) is 0.542. The molecule has 158 valence electrons. The monoisotopic (exact) mass is 449 g/mol. The number of unbranched alkanes of at least 4 members (excludes halogenated alkanes) is 1. The summed E-state index contributed by atoms with van der Waals surface area (Å²) in [6, 6.07) is 11.0. The van der Waals surface area contributed by atoms with Crippen LogP contribution in [0, 0.1) is 5.41 Å². The molecule has 0 bridgehead atoms. The smallest absolute Gasteiger partial charge is 0.0769 e. The average molecular weight is 450 g/mol. The predicted molar refractivity (Wildman–Crippen MR) is 130 cm³/mol. The maximum atomic E-state index is 6.63. The Bertz CT molecular complexity index is 819. The van der Waals surface area contributed by atoms with E-state index in [-0.39, 0.29) is 5.41 Å². The highest BCUT2D eigenvalue weighted by Crippen LogP contribution is 2.37. The van der Waals surface area contributed by atoms with E-state index in [1.807, 2.05) is 30.4 Å². The van der Waals surface area contributed by atoms with Crippen LogP contribution in [-0.2, 0) is 17.7 Å². The van der Waals surface area contributed by atoms with Crippen molar-refractivity contribution in [2.24, 2.45) is 5.41 Å². The zero-order valence-electron chi connectivity index (χ0n) is 17.8. The van der Waals surface area contributed by atoms with Gasteiger partial charge >= 0.3 is 0 Å². The van der Waals surface area contributed by atoms with Crippen molar-refractivity contribution in [3.8, 4) is 0 Å². The van der Waals surface area contributed by atoms with Gasteiger partial charge in [0.05, 0.1) is 12.1 Å². The lowest BCUT2D eigenvalue weighted by Gasteiger charge is -2.35. The van der Waals surface area contributed by atoms with Gasteiger partial charge in [-0.2, -0.15) is 0 Å². The summed E-state index contributed by atoms with van der Waals surface area (Å²) in [5.74, 6) is 0. The van der Waals surface area contributed by atoms with E-state index in [1.54, 1.807) is 4.88 Å². The molecule has 0 amide bonds. The zero-order chi connectivity index (χ0) is 20.9. The van der Waals surface area contributed by atoms with E-state index >= 15 is 0 Å². The molecule has 2 heterocycles. The lowest BCUT2D eigenvalue weighted by Crippen LogP contribution is -2.33. The Kier molecular flexibility index (Phi) is 8.36. The van der Waals surface area contributed by atoms with Crippen molar-refractivity contribution in [2.75, 3.05) is 13.2 Å². The number of hydrogen-bond donors (Lipinski definition) is 0. The van der Waals surface area contributed by atoms with Crippen LogP contribution >= 0.6 is 31.8 Å². The Morgan fingerprint density at radius 2 is 2.07 bits per heavy atom. The summed E-state index contributed by atoms with van der Waals surface area (Å²) in [6.07, 6.45) is 5.74. The van der Waals surface area contributed by atoms with Crippen molar-refractivity contribution in [1.82, 2.24) is 4.90 Å². The normalized spacial score (nSPS) is 15.9. The van der Waals surface area contributed by atoms with Gasteiger partial charge in [-0.3, -0.25) is 4.90 Å². The van der Waals surface area contributed by atoms with E-state index in [4.69, 9.17) is 16.3 Å². The van der Waals surface area contributed by atoms with Gasteiger partial charge < -0.3 is 4.74 Å². The van der Waals surface area contributed by atoms with Crippen LogP contribution in [0.2, 0.25) is 5.02 Å². The molecule has 0 saturated carbocycles. The first kappa shape index (κ1) is 23.0. The van der Waals surface area contributed by atoms with Crippen LogP contribution in [0.15, 0.2) is 35.7 Å². The highest BCUT2D eigenvalue weighted by atomic mass is 35.5. The second kappa shape index (κ2) is 10.6. The molecule has 1 unspecified atom stereocenters. The van der Waals surface area contributed by atoms with E-state index in [0.717, 1.165) is 42.9 Å². The standard InChI is InChI=1S/C24H33ClNOPS/c1-4-27-23(28)24(2,3)14-8-7-11-21(19-9-5-6-10-20(19)25)26-15-12-22-18(17-26)13-16-29-22/h5-6,9-10,13,16,21,28H,4,7-8,11-12,14-15,17H2,1-3H3. The minimum Gasteiger partial charge on any atom is -0.346 e. The molecule has 1 aromatic carbocycles. The summed E-state index contributed by atoms with van der Waals surface area (Å²) >= 11 is 8.53. The number of hydrogen-bond acceptors (Lipinski definition) is 3. The van der Waals surface area contributed by atoms with E-state index in [9.17, 15) is 0 Å². The summed E-state index contributed by atoms with van der Waals surface area (Å²) in [5, 5.41) is 3.12. The molecule has 0 N–H and O–H groups in total. The Morgan fingerprint density at radius 3 is 2.83 bits per heavy atom. The van der Waals surface area contributed by atoms with Crippen LogP contribution in [0.3, 0.4) is 0 Å². The lowest BCUT2D eigenvalue weighted by atomic mass is 9.86. The van der Waals surface area contributed by atoms with Crippen LogP contribution in [0.1, 0.15) is 68.5 Å². The lowest BCUT2D eigenvalue weighted by molar-refractivity contribution is 0.167. The molecular weight excluding hydrogens is 417 g/mol. The molecule has 0 aliphatic carbocycles. The maximum absolute atomic E-state index is 6.63. The summed E-state index contributed by atoms with van der Waals surface area (Å²) in [6.45, 7) is 9.37. The van der Waals surface area contributed by atoms with Crippen molar-refractivity contribution in [1.29, 1.82) is 0 Å². The highest BCUT2D eigenvalue weighted by molar-refractivity contribution is 7.20. The number of ether oxygens (including phenoxy) is 1. The molecule has 2 aromatic rings. The third kappa shape index (κ3) is 5.93. The summed E-state index contributed by atoms with van der Waals surface area (Å²) < 4.78 is 5.70. The molecule has 29 heavy (non-hydrogen) atoms. The van der Waals surface area contributed by atoms with Gasteiger partial charge in [-0.1, -0.05) is 65.4 Å². The Labute approximate surface area is 187 Å². The predicted octanol–water partition coefficient (Wildman–Crippen LogP) is 7.40. The molecule has 1 aliphatic heterocycles. The van der Waals surface area contributed by atoms with Crippen LogP contribution < -0.4 is 0 Å². The number of nitrogens with zero attached hydrogens (tertiary/aromatic N) is 1. The first-order chi connectivity index (χ1) is 13.9. The number of rotatable bonds is 10. The number of thiophene rings is 1. The van der Waals surface area contributed by atoms with Crippen LogP contribution in [0.5, 0.6) is 0 Å².